The lowest BCUT2D eigenvalue weighted by Crippen LogP contribution is -2.46. The molecular formula is C21H32N4O2. The zero-order valence-electron chi connectivity index (χ0n) is 16.5. The van der Waals surface area contributed by atoms with Crippen molar-refractivity contribution in [3.8, 4) is 0 Å². The number of carbonyl (C=O) groups excluding carboxylic acids is 2. The summed E-state index contributed by atoms with van der Waals surface area (Å²) in [6.07, 6.45) is 4.18. The summed E-state index contributed by atoms with van der Waals surface area (Å²) in [5, 5.41) is 9.37. The Morgan fingerprint density at radius 3 is 2.85 bits per heavy atom. The molecule has 2 heterocycles. The number of anilines is 1. The zero-order valence-corrected chi connectivity index (χ0v) is 16.5. The Hall–Kier alpha value is -1.92. The van der Waals surface area contributed by atoms with Gasteiger partial charge >= 0.3 is 0 Å². The van der Waals surface area contributed by atoms with Gasteiger partial charge in [-0.3, -0.25) is 14.5 Å². The summed E-state index contributed by atoms with van der Waals surface area (Å²) in [4.78, 5) is 26.8. The molecule has 27 heavy (non-hydrogen) atoms. The van der Waals surface area contributed by atoms with Crippen LogP contribution in [0.1, 0.15) is 36.8 Å². The molecule has 2 amide bonds. The molecule has 1 aromatic rings. The first-order chi connectivity index (χ1) is 13.0. The van der Waals surface area contributed by atoms with E-state index in [0.717, 1.165) is 56.6 Å². The molecule has 0 aromatic heterocycles. The number of hydrogen-bond donors (Lipinski definition) is 3. The van der Waals surface area contributed by atoms with Crippen LogP contribution < -0.4 is 16.0 Å². The Morgan fingerprint density at radius 2 is 2.07 bits per heavy atom. The lowest BCUT2D eigenvalue weighted by atomic mass is 9.97. The third kappa shape index (κ3) is 5.53. The number of carbonyl (C=O) groups is 2. The molecule has 148 valence electrons. The normalized spacial score (nSPS) is 23.2. The fraction of sp³-hybridized carbons (Fsp3) is 0.619. The van der Waals surface area contributed by atoms with Crippen molar-refractivity contribution in [3.05, 3.63) is 29.3 Å². The molecule has 0 spiro atoms. The van der Waals surface area contributed by atoms with Crippen LogP contribution in [0, 0.1) is 19.8 Å². The van der Waals surface area contributed by atoms with Crippen LogP contribution in [0.5, 0.6) is 0 Å². The average Bonchev–Trinajstić information content (AvgIpc) is 3.19. The van der Waals surface area contributed by atoms with E-state index in [1.165, 1.54) is 5.56 Å². The number of piperidine rings is 1. The average molecular weight is 373 g/mol. The fourth-order valence-corrected chi connectivity index (χ4v) is 4.02. The fourth-order valence-electron chi connectivity index (χ4n) is 4.02. The smallest absolute Gasteiger partial charge is 0.238 e. The maximum absolute atomic E-state index is 12.5. The van der Waals surface area contributed by atoms with Crippen LogP contribution in [0.3, 0.4) is 0 Å². The maximum atomic E-state index is 12.5. The number of amides is 2. The number of likely N-dealkylation sites (tertiary alicyclic amines) is 1. The number of hydrogen-bond acceptors (Lipinski definition) is 4. The Bertz CT molecular complexity index is 670. The molecule has 6 nitrogen and oxygen atoms in total. The van der Waals surface area contributed by atoms with Gasteiger partial charge in [0.25, 0.3) is 0 Å². The van der Waals surface area contributed by atoms with E-state index in [0.29, 0.717) is 19.0 Å². The molecule has 0 bridgehead atoms. The standard InChI is InChI=1S/C21H32N4O2/c1-15-6-3-8-18(16(15)2)24-20(26)14-25-11-5-7-17(13-25)12-23-21(27)19-9-4-10-22-19/h3,6,8,17,19,22H,4-5,7,9-14H2,1-2H3,(H,23,27)(H,24,26). The van der Waals surface area contributed by atoms with Crippen LogP contribution in [0.4, 0.5) is 5.69 Å². The molecule has 2 fully saturated rings. The van der Waals surface area contributed by atoms with Crippen molar-refractivity contribution < 1.29 is 9.59 Å². The Labute approximate surface area is 162 Å². The highest BCUT2D eigenvalue weighted by atomic mass is 16.2. The van der Waals surface area contributed by atoms with Crippen molar-refractivity contribution in [2.75, 3.05) is 38.0 Å². The minimum atomic E-state index is -0.0203. The van der Waals surface area contributed by atoms with E-state index < -0.39 is 0 Å². The highest BCUT2D eigenvalue weighted by Gasteiger charge is 2.25. The molecule has 3 N–H and O–H groups in total. The summed E-state index contributed by atoms with van der Waals surface area (Å²) in [5.41, 5.74) is 3.19. The summed E-state index contributed by atoms with van der Waals surface area (Å²) < 4.78 is 0. The maximum Gasteiger partial charge on any atom is 0.238 e. The van der Waals surface area contributed by atoms with E-state index in [1.54, 1.807) is 0 Å². The summed E-state index contributed by atoms with van der Waals surface area (Å²) >= 11 is 0. The van der Waals surface area contributed by atoms with E-state index in [4.69, 9.17) is 0 Å². The van der Waals surface area contributed by atoms with Gasteiger partial charge in [0.05, 0.1) is 12.6 Å². The lowest BCUT2D eigenvalue weighted by molar-refractivity contribution is -0.123. The predicted octanol–water partition coefficient (Wildman–Crippen LogP) is 1.82. The van der Waals surface area contributed by atoms with E-state index in [1.807, 2.05) is 19.1 Å². The van der Waals surface area contributed by atoms with E-state index in [-0.39, 0.29) is 17.9 Å². The summed E-state index contributed by atoms with van der Waals surface area (Å²) in [6, 6.07) is 5.95. The van der Waals surface area contributed by atoms with Crippen molar-refractivity contribution in [2.45, 2.75) is 45.6 Å². The second kappa shape index (κ2) is 9.33. The summed E-state index contributed by atoms with van der Waals surface area (Å²) in [6.45, 7) is 7.92. The van der Waals surface area contributed by atoms with Gasteiger partial charge in [0, 0.05) is 18.8 Å². The molecule has 6 heteroatoms. The van der Waals surface area contributed by atoms with Crippen molar-refractivity contribution in [1.29, 1.82) is 0 Å². The number of aryl methyl sites for hydroxylation is 1. The van der Waals surface area contributed by atoms with Gasteiger partial charge in [-0.2, -0.15) is 0 Å². The number of rotatable bonds is 6. The molecule has 0 saturated carbocycles. The Morgan fingerprint density at radius 1 is 1.22 bits per heavy atom. The third-order valence-corrected chi connectivity index (χ3v) is 5.79. The first-order valence-corrected chi connectivity index (χ1v) is 10.1. The van der Waals surface area contributed by atoms with Gasteiger partial charge in [0.2, 0.25) is 11.8 Å². The molecule has 1 aromatic carbocycles. The molecule has 2 aliphatic heterocycles. The lowest BCUT2D eigenvalue weighted by Gasteiger charge is -2.32. The minimum Gasteiger partial charge on any atom is -0.354 e. The second-order valence-electron chi connectivity index (χ2n) is 7.93. The first-order valence-electron chi connectivity index (χ1n) is 10.1. The van der Waals surface area contributed by atoms with Gasteiger partial charge in [-0.25, -0.2) is 0 Å². The molecule has 2 unspecified atom stereocenters. The molecule has 2 saturated heterocycles. The van der Waals surface area contributed by atoms with Gasteiger partial charge in [0.15, 0.2) is 0 Å². The van der Waals surface area contributed by atoms with Crippen molar-refractivity contribution in [2.24, 2.45) is 5.92 Å². The van der Waals surface area contributed by atoms with Crippen LogP contribution in [-0.2, 0) is 9.59 Å². The Kier molecular flexibility index (Phi) is 6.85. The van der Waals surface area contributed by atoms with E-state index in [9.17, 15) is 9.59 Å². The monoisotopic (exact) mass is 372 g/mol. The van der Waals surface area contributed by atoms with E-state index >= 15 is 0 Å². The first kappa shape index (κ1) is 19.8. The van der Waals surface area contributed by atoms with Crippen LogP contribution in [0.2, 0.25) is 0 Å². The molecule has 2 atom stereocenters. The number of benzene rings is 1. The van der Waals surface area contributed by atoms with Gasteiger partial charge in [-0.05, 0) is 75.7 Å². The minimum absolute atomic E-state index is 0.0203. The molecule has 2 aliphatic rings. The van der Waals surface area contributed by atoms with Crippen LogP contribution >= 0.6 is 0 Å². The van der Waals surface area contributed by atoms with Gasteiger partial charge in [-0.15, -0.1) is 0 Å². The molecule has 0 radical (unpaired) electrons. The zero-order chi connectivity index (χ0) is 19.2. The summed E-state index contributed by atoms with van der Waals surface area (Å²) in [7, 11) is 0. The predicted molar refractivity (Wildman–Crippen MR) is 108 cm³/mol. The molecular weight excluding hydrogens is 340 g/mol. The van der Waals surface area contributed by atoms with Gasteiger partial charge < -0.3 is 16.0 Å². The third-order valence-electron chi connectivity index (χ3n) is 5.79. The van der Waals surface area contributed by atoms with Crippen molar-refractivity contribution >= 4 is 17.5 Å². The SMILES string of the molecule is Cc1cccc(NC(=O)CN2CCCC(CNC(=O)C3CCCN3)C2)c1C. The molecule has 0 aliphatic carbocycles. The topological polar surface area (TPSA) is 73.5 Å². The van der Waals surface area contributed by atoms with E-state index in [2.05, 4.69) is 33.8 Å². The molecule has 3 rings (SSSR count). The summed E-state index contributed by atoms with van der Waals surface area (Å²) in [5.74, 6) is 0.568. The number of nitrogens with zero attached hydrogens (tertiary/aromatic N) is 1. The second-order valence-corrected chi connectivity index (χ2v) is 7.93. The highest BCUT2D eigenvalue weighted by molar-refractivity contribution is 5.93. The van der Waals surface area contributed by atoms with Crippen LogP contribution in [-0.4, -0.2) is 55.5 Å². The van der Waals surface area contributed by atoms with Crippen molar-refractivity contribution in [1.82, 2.24) is 15.5 Å². The Balaban J connectivity index is 1.44. The number of nitrogens with one attached hydrogen (secondary N) is 3. The van der Waals surface area contributed by atoms with Crippen molar-refractivity contribution in [3.63, 3.8) is 0 Å². The van der Waals surface area contributed by atoms with Crippen LogP contribution in [0.15, 0.2) is 18.2 Å². The largest absolute Gasteiger partial charge is 0.354 e. The van der Waals surface area contributed by atoms with Gasteiger partial charge in [-0.1, -0.05) is 12.1 Å². The van der Waals surface area contributed by atoms with Gasteiger partial charge in [0.1, 0.15) is 0 Å². The van der Waals surface area contributed by atoms with Crippen LogP contribution in [0.25, 0.3) is 0 Å². The quantitative estimate of drug-likeness (QED) is 0.712. The highest BCUT2D eigenvalue weighted by Crippen LogP contribution is 2.19.